The SMILES string of the molecule is O=[N+]([O-])c1cccnc1[S+]([O-])CC1CCNCC1. The van der Waals surface area contributed by atoms with E-state index in [4.69, 9.17) is 0 Å². The van der Waals surface area contributed by atoms with Crippen LogP contribution in [-0.2, 0) is 11.2 Å². The van der Waals surface area contributed by atoms with Gasteiger partial charge >= 0.3 is 10.7 Å². The molecule has 0 bridgehead atoms. The smallest absolute Gasteiger partial charge is 0.343 e. The first kappa shape index (κ1) is 13.3. The number of rotatable bonds is 4. The molecule has 1 aliphatic rings. The standard InChI is InChI=1S/C11H15N3O3S/c15-14(16)10-2-1-5-13-11(10)18(17)8-9-3-6-12-7-4-9/h1-2,5,9,12H,3-4,6-8H2. The molecule has 2 heterocycles. The fourth-order valence-corrected chi connectivity index (χ4v) is 3.51. The summed E-state index contributed by atoms with van der Waals surface area (Å²) in [5.41, 5.74) is -0.148. The number of aromatic nitrogens is 1. The van der Waals surface area contributed by atoms with E-state index in [1.165, 1.54) is 18.3 Å². The third-order valence-electron chi connectivity index (χ3n) is 3.01. The molecule has 98 valence electrons. The summed E-state index contributed by atoms with van der Waals surface area (Å²) in [6, 6.07) is 2.84. The van der Waals surface area contributed by atoms with E-state index in [2.05, 4.69) is 10.3 Å². The molecule has 0 radical (unpaired) electrons. The number of nitro groups is 1. The van der Waals surface area contributed by atoms with Crippen molar-refractivity contribution < 1.29 is 9.48 Å². The second-order valence-electron chi connectivity index (χ2n) is 4.29. The van der Waals surface area contributed by atoms with Gasteiger partial charge in [-0.25, -0.2) is 4.98 Å². The Bertz CT molecular complexity index is 424. The van der Waals surface area contributed by atoms with Gasteiger partial charge in [-0.1, -0.05) is 0 Å². The molecule has 0 saturated carbocycles. The molecule has 0 aliphatic carbocycles. The van der Waals surface area contributed by atoms with E-state index in [9.17, 15) is 14.7 Å². The number of piperidine rings is 1. The molecular weight excluding hydrogens is 254 g/mol. The zero-order chi connectivity index (χ0) is 13.0. The summed E-state index contributed by atoms with van der Waals surface area (Å²) in [6.07, 6.45) is 3.38. The van der Waals surface area contributed by atoms with Crippen molar-refractivity contribution in [3.05, 3.63) is 28.4 Å². The number of hydrogen-bond acceptors (Lipinski definition) is 5. The molecule has 0 spiro atoms. The number of nitrogens with zero attached hydrogens (tertiary/aromatic N) is 2. The van der Waals surface area contributed by atoms with Gasteiger partial charge in [0.05, 0.1) is 4.92 Å². The van der Waals surface area contributed by atoms with E-state index in [0.717, 1.165) is 25.9 Å². The average Bonchev–Trinajstić information content (AvgIpc) is 2.40. The summed E-state index contributed by atoms with van der Waals surface area (Å²) in [7, 11) is 0. The maximum absolute atomic E-state index is 12.2. The maximum atomic E-state index is 12.2. The third-order valence-corrected chi connectivity index (χ3v) is 4.53. The summed E-state index contributed by atoms with van der Waals surface area (Å²) < 4.78 is 12.2. The number of hydrogen-bond donors (Lipinski definition) is 1. The van der Waals surface area contributed by atoms with Gasteiger partial charge < -0.3 is 9.87 Å². The predicted molar refractivity (Wildman–Crippen MR) is 67.8 cm³/mol. The van der Waals surface area contributed by atoms with Gasteiger partial charge in [0.2, 0.25) is 0 Å². The average molecular weight is 269 g/mol. The monoisotopic (exact) mass is 269 g/mol. The molecule has 6 nitrogen and oxygen atoms in total. The minimum Gasteiger partial charge on any atom is -0.610 e. The molecule has 0 aromatic carbocycles. The Kier molecular flexibility index (Phi) is 4.51. The van der Waals surface area contributed by atoms with E-state index >= 15 is 0 Å². The predicted octanol–water partition coefficient (Wildman–Crippen LogP) is 1.10. The van der Waals surface area contributed by atoms with Gasteiger partial charge in [-0.2, -0.15) is 0 Å². The minimum atomic E-state index is -1.39. The molecule has 1 aliphatic heterocycles. The Morgan fingerprint density at radius 3 is 2.89 bits per heavy atom. The van der Waals surface area contributed by atoms with Gasteiger partial charge in [-0.15, -0.1) is 0 Å². The third kappa shape index (κ3) is 3.18. The highest BCUT2D eigenvalue weighted by atomic mass is 32.2. The first-order valence-electron chi connectivity index (χ1n) is 5.87. The van der Waals surface area contributed by atoms with Crippen molar-refractivity contribution >= 4 is 16.9 Å². The molecule has 1 atom stereocenters. The van der Waals surface area contributed by atoms with E-state index in [1.807, 2.05) is 0 Å². The quantitative estimate of drug-likeness (QED) is 0.502. The van der Waals surface area contributed by atoms with Crippen molar-refractivity contribution in [2.24, 2.45) is 5.92 Å². The molecule has 1 aromatic rings. The van der Waals surface area contributed by atoms with Crippen molar-refractivity contribution in [1.82, 2.24) is 10.3 Å². The Balaban J connectivity index is 2.08. The van der Waals surface area contributed by atoms with Crippen LogP contribution >= 0.6 is 0 Å². The molecule has 0 amide bonds. The van der Waals surface area contributed by atoms with Crippen molar-refractivity contribution in [2.45, 2.75) is 17.9 Å². The van der Waals surface area contributed by atoms with Gasteiger partial charge in [0.15, 0.2) is 0 Å². The molecular formula is C11H15N3O3S. The van der Waals surface area contributed by atoms with Crippen LogP contribution in [0.5, 0.6) is 0 Å². The highest BCUT2D eigenvalue weighted by molar-refractivity contribution is 7.91. The second kappa shape index (κ2) is 6.12. The Hall–Kier alpha value is -1.18. The van der Waals surface area contributed by atoms with E-state index in [-0.39, 0.29) is 10.7 Å². The molecule has 7 heteroatoms. The van der Waals surface area contributed by atoms with Crippen molar-refractivity contribution in [1.29, 1.82) is 0 Å². The second-order valence-corrected chi connectivity index (χ2v) is 5.70. The normalized spacial score (nSPS) is 18.5. The van der Waals surface area contributed by atoms with Crippen LogP contribution in [0.2, 0.25) is 0 Å². The highest BCUT2D eigenvalue weighted by Gasteiger charge is 2.29. The number of pyridine rings is 1. The molecule has 1 aromatic heterocycles. The van der Waals surface area contributed by atoms with E-state index < -0.39 is 16.1 Å². The minimum absolute atomic E-state index is 0.0982. The molecule has 1 unspecified atom stereocenters. The van der Waals surface area contributed by atoms with Crippen molar-refractivity contribution in [2.75, 3.05) is 18.8 Å². The van der Waals surface area contributed by atoms with E-state index in [1.54, 1.807) is 0 Å². The fraction of sp³-hybridized carbons (Fsp3) is 0.545. The molecule has 1 saturated heterocycles. The van der Waals surface area contributed by atoms with Crippen molar-refractivity contribution in [3.8, 4) is 0 Å². The topological polar surface area (TPSA) is 91.1 Å². The fourth-order valence-electron chi connectivity index (χ4n) is 2.04. The van der Waals surface area contributed by atoms with Gasteiger partial charge in [-0.3, -0.25) is 10.1 Å². The van der Waals surface area contributed by atoms with Gasteiger partial charge in [0.25, 0.3) is 0 Å². The Morgan fingerprint density at radius 2 is 2.22 bits per heavy atom. The molecule has 18 heavy (non-hydrogen) atoms. The summed E-state index contributed by atoms with van der Waals surface area (Å²) in [5.74, 6) is 0.813. The summed E-state index contributed by atoms with van der Waals surface area (Å²) in [6.45, 7) is 1.85. The van der Waals surface area contributed by atoms with Gasteiger partial charge in [0.1, 0.15) is 5.75 Å². The van der Waals surface area contributed by atoms with Crippen LogP contribution in [0, 0.1) is 16.0 Å². The highest BCUT2D eigenvalue weighted by Crippen LogP contribution is 2.25. The zero-order valence-corrected chi connectivity index (χ0v) is 10.7. The van der Waals surface area contributed by atoms with Gasteiger partial charge in [-0.05, 0) is 32.0 Å². The molecule has 2 rings (SSSR count). The summed E-state index contributed by atoms with van der Waals surface area (Å²) in [5, 5.41) is 14.2. The van der Waals surface area contributed by atoms with Crippen LogP contribution in [0.3, 0.4) is 0 Å². The van der Waals surface area contributed by atoms with Crippen LogP contribution in [0.25, 0.3) is 0 Å². The first-order valence-corrected chi connectivity index (χ1v) is 7.19. The lowest BCUT2D eigenvalue weighted by Gasteiger charge is -2.22. The zero-order valence-electron chi connectivity index (χ0n) is 9.87. The van der Waals surface area contributed by atoms with Crippen LogP contribution in [-0.4, -0.2) is 33.3 Å². The molecule has 1 fully saturated rings. The van der Waals surface area contributed by atoms with Gasteiger partial charge in [0, 0.05) is 29.4 Å². The van der Waals surface area contributed by atoms with E-state index in [0.29, 0.717) is 11.7 Å². The lowest BCUT2D eigenvalue weighted by Crippen LogP contribution is -2.31. The number of nitrogens with one attached hydrogen (secondary N) is 1. The largest absolute Gasteiger partial charge is 0.610 e. The first-order chi connectivity index (χ1) is 8.68. The Labute approximate surface area is 108 Å². The van der Waals surface area contributed by atoms with Crippen LogP contribution in [0.15, 0.2) is 23.4 Å². The van der Waals surface area contributed by atoms with Crippen LogP contribution < -0.4 is 5.32 Å². The lowest BCUT2D eigenvalue weighted by atomic mass is 10.0. The lowest BCUT2D eigenvalue weighted by molar-refractivity contribution is -0.388. The molecule has 1 N–H and O–H groups in total. The van der Waals surface area contributed by atoms with Crippen molar-refractivity contribution in [3.63, 3.8) is 0 Å². The Morgan fingerprint density at radius 1 is 1.50 bits per heavy atom. The summed E-state index contributed by atoms with van der Waals surface area (Å²) in [4.78, 5) is 14.2. The maximum Gasteiger partial charge on any atom is 0.343 e. The summed E-state index contributed by atoms with van der Waals surface area (Å²) >= 11 is -1.39. The van der Waals surface area contributed by atoms with Crippen LogP contribution in [0.1, 0.15) is 12.8 Å². The van der Waals surface area contributed by atoms with Crippen LogP contribution in [0.4, 0.5) is 5.69 Å².